The number of hydrogen-bond donors (Lipinski definition) is 2. The third-order valence-electron chi connectivity index (χ3n) is 1.76. The first-order valence-electron chi connectivity index (χ1n) is 4.74. The maximum absolute atomic E-state index is 11.3. The summed E-state index contributed by atoms with van der Waals surface area (Å²) in [4.78, 5) is 11.3. The molecule has 0 fully saturated rings. The van der Waals surface area contributed by atoms with Crippen LogP contribution >= 0.6 is 24.2 Å². The number of carbonyl (C=O) groups is 1. The van der Waals surface area contributed by atoms with Gasteiger partial charge >= 0.3 is 0 Å². The second kappa shape index (κ2) is 11.1. The summed E-state index contributed by atoms with van der Waals surface area (Å²) in [5.74, 6) is 1.08. The van der Waals surface area contributed by atoms with E-state index in [-0.39, 0.29) is 24.4 Å². The molecule has 0 spiro atoms. The van der Waals surface area contributed by atoms with Crippen LogP contribution in [0, 0.1) is 0 Å². The van der Waals surface area contributed by atoms with Gasteiger partial charge in [0.1, 0.15) is 0 Å². The van der Waals surface area contributed by atoms with Crippen LogP contribution in [0.25, 0.3) is 0 Å². The van der Waals surface area contributed by atoms with Gasteiger partial charge in [0, 0.05) is 6.54 Å². The number of nitrogens with two attached hydrogens (primary N) is 1. The van der Waals surface area contributed by atoms with Gasteiger partial charge in [-0.15, -0.1) is 12.4 Å². The summed E-state index contributed by atoms with van der Waals surface area (Å²) in [6.07, 6.45) is 4.81. The van der Waals surface area contributed by atoms with Crippen LogP contribution in [0.4, 0.5) is 0 Å². The highest BCUT2D eigenvalue weighted by Crippen LogP contribution is 1.95. The maximum atomic E-state index is 11.3. The lowest BCUT2D eigenvalue weighted by Crippen LogP contribution is -2.40. The summed E-state index contributed by atoms with van der Waals surface area (Å²) in [5, 5.41) is 2.82. The first-order valence-corrected chi connectivity index (χ1v) is 6.14. The molecule has 0 saturated carbocycles. The Kier molecular flexibility index (Phi) is 13.1. The topological polar surface area (TPSA) is 55.1 Å². The Labute approximate surface area is 97.0 Å². The molecular formula is C9H21ClN2OS. The summed E-state index contributed by atoms with van der Waals surface area (Å²) in [5.41, 5.74) is 5.63. The number of thioether (sulfide) groups is 1. The van der Waals surface area contributed by atoms with Gasteiger partial charge in [-0.3, -0.25) is 4.79 Å². The van der Waals surface area contributed by atoms with E-state index < -0.39 is 0 Å². The fourth-order valence-electron chi connectivity index (χ4n) is 1.00. The Morgan fingerprint density at radius 3 is 2.71 bits per heavy atom. The quantitative estimate of drug-likeness (QED) is 0.662. The number of rotatable bonds is 7. The standard InChI is InChI=1S/C9H20N2OS.ClH/c1-3-5-8(10)9(12)11-6-4-7-13-2;/h8H,3-7,10H2,1-2H3,(H,11,12);1H. The van der Waals surface area contributed by atoms with Crippen LogP contribution in [0.2, 0.25) is 0 Å². The minimum Gasteiger partial charge on any atom is -0.355 e. The van der Waals surface area contributed by atoms with E-state index in [0.717, 1.165) is 31.6 Å². The van der Waals surface area contributed by atoms with Crippen molar-refractivity contribution in [3.05, 3.63) is 0 Å². The predicted molar refractivity (Wildman–Crippen MR) is 66.1 cm³/mol. The van der Waals surface area contributed by atoms with Crippen molar-refractivity contribution < 1.29 is 4.79 Å². The summed E-state index contributed by atoms with van der Waals surface area (Å²) < 4.78 is 0. The zero-order valence-electron chi connectivity index (χ0n) is 8.91. The zero-order chi connectivity index (χ0) is 10.1. The lowest BCUT2D eigenvalue weighted by Gasteiger charge is -2.10. The van der Waals surface area contributed by atoms with Crippen molar-refractivity contribution in [1.29, 1.82) is 0 Å². The molecule has 0 aliphatic rings. The minimum atomic E-state index is -0.320. The van der Waals surface area contributed by atoms with E-state index in [9.17, 15) is 4.79 Å². The van der Waals surface area contributed by atoms with Crippen LogP contribution < -0.4 is 11.1 Å². The van der Waals surface area contributed by atoms with Gasteiger partial charge in [-0.25, -0.2) is 0 Å². The molecule has 14 heavy (non-hydrogen) atoms. The molecule has 0 heterocycles. The van der Waals surface area contributed by atoms with E-state index >= 15 is 0 Å². The summed E-state index contributed by atoms with van der Waals surface area (Å²) >= 11 is 1.79. The van der Waals surface area contributed by atoms with Crippen molar-refractivity contribution in [2.75, 3.05) is 18.6 Å². The van der Waals surface area contributed by atoms with Crippen molar-refractivity contribution >= 4 is 30.1 Å². The van der Waals surface area contributed by atoms with Crippen LogP contribution in [-0.4, -0.2) is 30.5 Å². The van der Waals surface area contributed by atoms with E-state index in [1.54, 1.807) is 11.8 Å². The molecule has 3 nitrogen and oxygen atoms in total. The number of hydrogen-bond acceptors (Lipinski definition) is 3. The van der Waals surface area contributed by atoms with Crippen LogP contribution in [0.3, 0.4) is 0 Å². The van der Waals surface area contributed by atoms with E-state index in [1.807, 2.05) is 6.92 Å². The molecule has 0 aromatic carbocycles. The Bertz CT molecular complexity index is 147. The van der Waals surface area contributed by atoms with Crippen molar-refractivity contribution in [2.45, 2.75) is 32.2 Å². The zero-order valence-corrected chi connectivity index (χ0v) is 10.5. The van der Waals surface area contributed by atoms with Gasteiger partial charge in [0.15, 0.2) is 0 Å². The molecule has 0 aromatic heterocycles. The SMILES string of the molecule is CCCC(N)C(=O)NCCCSC.Cl. The predicted octanol–water partition coefficient (Wildman–Crippen LogP) is 1.40. The molecule has 0 aliphatic carbocycles. The van der Waals surface area contributed by atoms with E-state index in [2.05, 4.69) is 11.6 Å². The highest BCUT2D eigenvalue weighted by Gasteiger charge is 2.10. The Morgan fingerprint density at radius 1 is 1.57 bits per heavy atom. The number of amides is 1. The second-order valence-corrected chi connectivity index (χ2v) is 4.02. The molecule has 5 heteroatoms. The molecule has 0 saturated heterocycles. The summed E-state index contributed by atoms with van der Waals surface area (Å²) in [6, 6.07) is -0.320. The number of nitrogens with one attached hydrogen (secondary N) is 1. The Morgan fingerprint density at radius 2 is 2.21 bits per heavy atom. The molecule has 86 valence electrons. The molecule has 0 aliphatic heterocycles. The summed E-state index contributed by atoms with van der Waals surface area (Å²) in [6.45, 7) is 2.78. The second-order valence-electron chi connectivity index (χ2n) is 3.03. The van der Waals surface area contributed by atoms with E-state index in [1.165, 1.54) is 0 Å². The number of halogens is 1. The van der Waals surface area contributed by atoms with E-state index in [4.69, 9.17) is 5.73 Å². The van der Waals surface area contributed by atoms with Gasteiger partial charge in [0.05, 0.1) is 6.04 Å². The lowest BCUT2D eigenvalue weighted by molar-refractivity contribution is -0.122. The molecule has 1 unspecified atom stereocenters. The summed E-state index contributed by atoms with van der Waals surface area (Å²) in [7, 11) is 0. The fraction of sp³-hybridized carbons (Fsp3) is 0.889. The first kappa shape index (κ1) is 16.5. The van der Waals surface area contributed by atoms with Crippen LogP contribution in [-0.2, 0) is 4.79 Å². The highest BCUT2D eigenvalue weighted by molar-refractivity contribution is 7.98. The first-order chi connectivity index (χ1) is 6.22. The molecule has 0 radical (unpaired) electrons. The van der Waals surface area contributed by atoms with Gasteiger partial charge in [-0.1, -0.05) is 13.3 Å². The van der Waals surface area contributed by atoms with Crippen molar-refractivity contribution in [3.63, 3.8) is 0 Å². The molecule has 0 bridgehead atoms. The van der Waals surface area contributed by atoms with Gasteiger partial charge in [-0.2, -0.15) is 11.8 Å². The fourth-order valence-corrected chi connectivity index (χ4v) is 1.43. The average molecular weight is 241 g/mol. The average Bonchev–Trinajstić information content (AvgIpc) is 2.12. The minimum absolute atomic E-state index is 0. The number of carbonyl (C=O) groups excluding carboxylic acids is 1. The van der Waals surface area contributed by atoms with Crippen LogP contribution in [0.15, 0.2) is 0 Å². The maximum Gasteiger partial charge on any atom is 0.236 e. The van der Waals surface area contributed by atoms with Crippen LogP contribution in [0.5, 0.6) is 0 Å². The van der Waals surface area contributed by atoms with Crippen molar-refractivity contribution in [2.24, 2.45) is 5.73 Å². The third-order valence-corrected chi connectivity index (χ3v) is 2.46. The Hall–Kier alpha value is 0.0700. The van der Waals surface area contributed by atoms with Gasteiger partial charge in [0.25, 0.3) is 0 Å². The van der Waals surface area contributed by atoms with Gasteiger partial charge < -0.3 is 11.1 Å². The molecular weight excluding hydrogens is 220 g/mol. The smallest absolute Gasteiger partial charge is 0.236 e. The molecule has 1 atom stereocenters. The van der Waals surface area contributed by atoms with E-state index in [0.29, 0.717) is 0 Å². The molecule has 0 aromatic rings. The van der Waals surface area contributed by atoms with Gasteiger partial charge in [-0.05, 0) is 24.9 Å². The molecule has 1 amide bonds. The highest BCUT2D eigenvalue weighted by atomic mass is 35.5. The van der Waals surface area contributed by atoms with Crippen molar-refractivity contribution in [1.82, 2.24) is 5.32 Å². The van der Waals surface area contributed by atoms with Gasteiger partial charge in [0.2, 0.25) is 5.91 Å². The normalized spacial score (nSPS) is 11.6. The third kappa shape index (κ3) is 8.66. The van der Waals surface area contributed by atoms with Crippen LogP contribution in [0.1, 0.15) is 26.2 Å². The molecule has 0 rings (SSSR count). The molecule has 3 N–H and O–H groups in total. The largest absolute Gasteiger partial charge is 0.355 e. The monoisotopic (exact) mass is 240 g/mol. The van der Waals surface area contributed by atoms with Crippen molar-refractivity contribution in [3.8, 4) is 0 Å². The lowest BCUT2D eigenvalue weighted by atomic mass is 10.2. The Balaban J connectivity index is 0.